The molecule has 0 saturated carbocycles. The lowest BCUT2D eigenvalue weighted by Gasteiger charge is -2.21. The molecule has 0 radical (unpaired) electrons. The number of thiazole rings is 1. The lowest BCUT2D eigenvalue weighted by molar-refractivity contribution is -0.115. The number of Topliss-reactive ketones (excluding diaryl/α,β-unsaturated/α-hetero) is 1. The first kappa shape index (κ1) is 16.8. The molecule has 0 fully saturated rings. The number of ketones is 1. The molecule has 0 unspecified atom stereocenters. The highest BCUT2D eigenvalue weighted by Crippen LogP contribution is 2.37. The van der Waals surface area contributed by atoms with Crippen LogP contribution in [-0.2, 0) is 4.79 Å². The third kappa shape index (κ3) is 2.87. The van der Waals surface area contributed by atoms with Crippen LogP contribution < -0.4 is 5.32 Å². The number of rotatable bonds is 3. The Balaban J connectivity index is 1.69. The summed E-state index contributed by atoms with van der Waals surface area (Å²) in [6.07, 6.45) is 0. The second-order valence-electron chi connectivity index (χ2n) is 5.91. The molecule has 26 heavy (non-hydrogen) atoms. The predicted molar refractivity (Wildman–Crippen MR) is 103 cm³/mol. The molecule has 2 atom stereocenters. The molecule has 1 aliphatic rings. The number of benzene rings is 2. The van der Waals surface area contributed by atoms with Gasteiger partial charge in [-0.25, -0.2) is 4.98 Å². The number of nitriles is 1. The number of anilines is 1. The van der Waals surface area contributed by atoms with Gasteiger partial charge in [0.1, 0.15) is 5.01 Å². The standard InChI is InChI=1S/C19H13N3O2S2/c1-10-18(24)21-14-8-11(6-7-16(14)25-10)17(23)12(9-20)19-22-13-4-2-3-5-15(13)26-19/h2-8,10,12H,1H3,(H,21,24)/t10-,12+/m0/s1. The first-order valence-electron chi connectivity index (χ1n) is 7.97. The van der Waals surface area contributed by atoms with Crippen molar-refractivity contribution in [3.8, 4) is 6.07 Å². The second-order valence-corrected chi connectivity index (χ2v) is 8.35. The van der Waals surface area contributed by atoms with Crippen LogP contribution in [0.5, 0.6) is 0 Å². The van der Waals surface area contributed by atoms with Crippen molar-refractivity contribution in [2.75, 3.05) is 5.32 Å². The molecule has 4 rings (SSSR count). The van der Waals surface area contributed by atoms with Crippen molar-refractivity contribution < 1.29 is 9.59 Å². The third-order valence-electron chi connectivity index (χ3n) is 4.14. The predicted octanol–water partition coefficient (Wildman–Crippen LogP) is 4.22. The lowest BCUT2D eigenvalue weighted by atomic mass is 9.99. The summed E-state index contributed by atoms with van der Waals surface area (Å²) in [4.78, 5) is 30.1. The summed E-state index contributed by atoms with van der Waals surface area (Å²) in [6.45, 7) is 1.83. The van der Waals surface area contributed by atoms with Crippen molar-refractivity contribution in [2.24, 2.45) is 0 Å². The minimum Gasteiger partial charge on any atom is -0.324 e. The number of carbonyl (C=O) groups is 2. The van der Waals surface area contributed by atoms with Crippen LogP contribution in [0.15, 0.2) is 47.4 Å². The van der Waals surface area contributed by atoms with Crippen molar-refractivity contribution in [3.63, 3.8) is 0 Å². The van der Waals surface area contributed by atoms with Gasteiger partial charge in [-0.15, -0.1) is 23.1 Å². The van der Waals surface area contributed by atoms with Gasteiger partial charge in [-0.2, -0.15) is 5.26 Å². The van der Waals surface area contributed by atoms with E-state index in [1.54, 1.807) is 12.1 Å². The SMILES string of the molecule is C[C@@H]1Sc2ccc(C(=O)[C@@H](C#N)c3nc4ccccc4s3)cc2NC1=O. The monoisotopic (exact) mass is 379 g/mol. The smallest absolute Gasteiger partial charge is 0.237 e. The summed E-state index contributed by atoms with van der Waals surface area (Å²) in [5.74, 6) is -1.36. The van der Waals surface area contributed by atoms with Crippen molar-refractivity contribution in [2.45, 2.75) is 23.0 Å². The van der Waals surface area contributed by atoms with Gasteiger partial charge < -0.3 is 5.32 Å². The number of nitrogens with zero attached hydrogens (tertiary/aromatic N) is 2. The van der Waals surface area contributed by atoms with E-state index in [0.717, 1.165) is 15.1 Å². The molecule has 1 aromatic heterocycles. The van der Waals surface area contributed by atoms with E-state index in [2.05, 4.69) is 16.4 Å². The Kier molecular flexibility index (Phi) is 4.23. The zero-order valence-corrected chi connectivity index (χ0v) is 15.4. The Morgan fingerprint density at radius 2 is 2.12 bits per heavy atom. The maximum atomic E-state index is 12.9. The Labute approximate surface area is 158 Å². The normalized spacial score (nSPS) is 17.2. The van der Waals surface area contributed by atoms with E-state index >= 15 is 0 Å². The summed E-state index contributed by atoms with van der Waals surface area (Å²) >= 11 is 2.81. The highest BCUT2D eigenvalue weighted by molar-refractivity contribution is 8.00. The maximum Gasteiger partial charge on any atom is 0.237 e. The zero-order valence-electron chi connectivity index (χ0n) is 13.7. The van der Waals surface area contributed by atoms with E-state index in [1.165, 1.54) is 23.1 Å². The number of hydrogen-bond donors (Lipinski definition) is 1. The topological polar surface area (TPSA) is 82.8 Å². The largest absolute Gasteiger partial charge is 0.324 e. The summed E-state index contributed by atoms with van der Waals surface area (Å²) in [5, 5.41) is 12.7. The average molecular weight is 379 g/mol. The quantitative estimate of drug-likeness (QED) is 0.689. The van der Waals surface area contributed by atoms with Crippen LogP contribution in [0.1, 0.15) is 28.2 Å². The first-order valence-corrected chi connectivity index (χ1v) is 9.67. The molecule has 2 heterocycles. The van der Waals surface area contributed by atoms with Crippen LogP contribution in [-0.4, -0.2) is 21.9 Å². The Hall–Kier alpha value is -2.69. The van der Waals surface area contributed by atoms with Crippen LogP contribution in [0, 0.1) is 11.3 Å². The Morgan fingerprint density at radius 3 is 2.88 bits per heavy atom. The van der Waals surface area contributed by atoms with Gasteiger partial charge >= 0.3 is 0 Å². The minimum absolute atomic E-state index is 0.0879. The number of amides is 1. The second kappa shape index (κ2) is 6.56. The number of hydrogen-bond acceptors (Lipinski definition) is 6. The summed E-state index contributed by atoms with van der Waals surface area (Å²) in [6, 6.07) is 14.8. The number of aromatic nitrogens is 1. The van der Waals surface area contributed by atoms with Gasteiger partial charge in [0.2, 0.25) is 5.91 Å². The molecular formula is C19H13N3O2S2. The van der Waals surface area contributed by atoms with Crippen LogP contribution in [0.3, 0.4) is 0 Å². The number of thioether (sulfide) groups is 1. The number of para-hydroxylation sites is 1. The molecule has 0 spiro atoms. The van der Waals surface area contributed by atoms with Crippen LogP contribution in [0.25, 0.3) is 10.2 Å². The van der Waals surface area contributed by atoms with E-state index in [1.807, 2.05) is 37.3 Å². The molecule has 1 N–H and O–H groups in total. The molecule has 5 nitrogen and oxygen atoms in total. The lowest BCUT2D eigenvalue weighted by Crippen LogP contribution is -2.26. The number of nitrogens with one attached hydrogen (secondary N) is 1. The number of carbonyl (C=O) groups excluding carboxylic acids is 2. The molecule has 0 aliphatic carbocycles. The molecule has 3 aromatic rings. The van der Waals surface area contributed by atoms with E-state index in [4.69, 9.17) is 0 Å². The summed E-state index contributed by atoms with van der Waals surface area (Å²) < 4.78 is 0.943. The van der Waals surface area contributed by atoms with Gasteiger partial charge in [0.25, 0.3) is 0 Å². The van der Waals surface area contributed by atoms with Crippen LogP contribution in [0.2, 0.25) is 0 Å². The van der Waals surface area contributed by atoms with E-state index in [9.17, 15) is 14.9 Å². The molecule has 0 saturated heterocycles. The highest BCUT2D eigenvalue weighted by atomic mass is 32.2. The first-order chi connectivity index (χ1) is 12.6. The highest BCUT2D eigenvalue weighted by Gasteiger charge is 2.28. The number of fused-ring (bicyclic) bond motifs is 2. The molecule has 2 aromatic carbocycles. The van der Waals surface area contributed by atoms with Gasteiger partial charge in [0.15, 0.2) is 11.7 Å². The third-order valence-corrected chi connectivity index (χ3v) is 6.42. The van der Waals surface area contributed by atoms with Gasteiger partial charge in [0.05, 0.1) is 27.2 Å². The Bertz CT molecular complexity index is 1050. The summed E-state index contributed by atoms with van der Waals surface area (Å²) in [5.41, 5.74) is 1.79. The van der Waals surface area contributed by atoms with E-state index < -0.39 is 5.92 Å². The maximum absolute atomic E-state index is 12.9. The molecule has 128 valence electrons. The molecule has 1 amide bonds. The molecule has 1 aliphatic heterocycles. The fourth-order valence-corrected chi connectivity index (χ4v) is 4.71. The van der Waals surface area contributed by atoms with Gasteiger partial charge in [-0.3, -0.25) is 9.59 Å². The molecule has 7 heteroatoms. The van der Waals surface area contributed by atoms with Gasteiger partial charge in [-0.05, 0) is 31.2 Å². The Morgan fingerprint density at radius 1 is 1.31 bits per heavy atom. The van der Waals surface area contributed by atoms with Gasteiger partial charge in [-0.1, -0.05) is 18.2 Å². The van der Waals surface area contributed by atoms with E-state index in [0.29, 0.717) is 16.3 Å². The average Bonchev–Trinajstić information content (AvgIpc) is 3.06. The summed E-state index contributed by atoms with van der Waals surface area (Å²) in [7, 11) is 0. The fourth-order valence-electron chi connectivity index (χ4n) is 2.77. The zero-order chi connectivity index (χ0) is 18.3. The van der Waals surface area contributed by atoms with Crippen LogP contribution >= 0.6 is 23.1 Å². The van der Waals surface area contributed by atoms with Crippen molar-refractivity contribution in [3.05, 3.63) is 53.0 Å². The van der Waals surface area contributed by atoms with E-state index in [-0.39, 0.29) is 16.9 Å². The van der Waals surface area contributed by atoms with Crippen molar-refractivity contribution in [1.29, 1.82) is 5.26 Å². The van der Waals surface area contributed by atoms with Crippen molar-refractivity contribution >= 4 is 50.7 Å². The fraction of sp³-hybridized carbons (Fsp3) is 0.158. The molecular weight excluding hydrogens is 366 g/mol. The minimum atomic E-state index is -0.962. The van der Waals surface area contributed by atoms with Gasteiger partial charge in [0, 0.05) is 10.5 Å². The molecule has 0 bridgehead atoms. The van der Waals surface area contributed by atoms with Crippen LogP contribution in [0.4, 0.5) is 5.69 Å². The van der Waals surface area contributed by atoms with Crippen molar-refractivity contribution in [1.82, 2.24) is 4.98 Å².